The summed E-state index contributed by atoms with van der Waals surface area (Å²) in [5.41, 5.74) is 0.335. The summed E-state index contributed by atoms with van der Waals surface area (Å²) < 4.78 is 43.1. The zero-order valence-corrected chi connectivity index (χ0v) is 15.1. The van der Waals surface area contributed by atoms with Crippen molar-refractivity contribution >= 4 is 28.5 Å². The van der Waals surface area contributed by atoms with Crippen LogP contribution in [0.15, 0.2) is 46.9 Å². The highest BCUT2D eigenvalue weighted by atomic mass is 19.1. The number of hydrogen-bond acceptors (Lipinski definition) is 5. The van der Waals surface area contributed by atoms with Gasteiger partial charge in [0.25, 0.3) is 5.91 Å². The van der Waals surface area contributed by atoms with Gasteiger partial charge in [-0.25, -0.2) is 13.6 Å². The number of hydrogen-bond donors (Lipinski definition) is 1. The molecule has 1 atom stereocenters. The van der Waals surface area contributed by atoms with E-state index in [1.165, 1.54) is 20.1 Å². The molecule has 3 rings (SSSR count). The number of halogens is 2. The summed E-state index contributed by atoms with van der Waals surface area (Å²) >= 11 is 0. The molecule has 0 radical (unpaired) electrons. The summed E-state index contributed by atoms with van der Waals surface area (Å²) in [7, 11) is 1.47. The van der Waals surface area contributed by atoms with Crippen molar-refractivity contribution in [2.24, 2.45) is 0 Å². The number of anilines is 1. The molecule has 6 nitrogen and oxygen atoms in total. The van der Waals surface area contributed by atoms with Crippen molar-refractivity contribution < 1.29 is 32.3 Å². The van der Waals surface area contributed by atoms with E-state index in [2.05, 4.69) is 5.32 Å². The molecule has 1 amide bonds. The maximum absolute atomic E-state index is 13.7. The Morgan fingerprint density at radius 3 is 2.46 bits per heavy atom. The van der Waals surface area contributed by atoms with Gasteiger partial charge in [0.05, 0.1) is 6.61 Å². The van der Waals surface area contributed by atoms with Crippen molar-refractivity contribution in [3.8, 4) is 0 Å². The average molecular weight is 389 g/mol. The Morgan fingerprint density at radius 1 is 1.11 bits per heavy atom. The standard InChI is InChI=1S/C20H17F2NO5/c1-11(19(24)23-17-14(21)7-5-8-15(17)22)27-20(25)18-13(10-26-2)12-6-3-4-9-16(12)28-18/h3-9,11H,10H2,1-2H3,(H,23,24)/t11-/m1/s1. The lowest BCUT2D eigenvalue weighted by Gasteiger charge is -2.14. The predicted molar refractivity (Wildman–Crippen MR) is 96.8 cm³/mol. The van der Waals surface area contributed by atoms with Crippen molar-refractivity contribution in [2.45, 2.75) is 19.6 Å². The van der Waals surface area contributed by atoms with E-state index in [9.17, 15) is 18.4 Å². The van der Waals surface area contributed by atoms with Crippen LogP contribution in [-0.2, 0) is 20.9 Å². The highest BCUT2D eigenvalue weighted by Crippen LogP contribution is 2.27. The quantitative estimate of drug-likeness (QED) is 0.644. The largest absolute Gasteiger partial charge is 0.449 e. The van der Waals surface area contributed by atoms with Crippen molar-refractivity contribution in [3.63, 3.8) is 0 Å². The van der Waals surface area contributed by atoms with Crippen LogP contribution >= 0.6 is 0 Å². The van der Waals surface area contributed by atoms with Crippen LogP contribution in [0.5, 0.6) is 0 Å². The molecule has 1 heterocycles. The van der Waals surface area contributed by atoms with Gasteiger partial charge in [0, 0.05) is 18.1 Å². The number of amides is 1. The van der Waals surface area contributed by atoms with Gasteiger partial charge < -0.3 is 19.2 Å². The lowest BCUT2D eigenvalue weighted by atomic mass is 10.1. The molecule has 0 saturated carbocycles. The monoisotopic (exact) mass is 389 g/mol. The third-order valence-corrected chi connectivity index (χ3v) is 4.04. The van der Waals surface area contributed by atoms with E-state index in [0.29, 0.717) is 16.5 Å². The summed E-state index contributed by atoms with van der Waals surface area (Å²) in [6, 6.07) is 10.1. The van der Waals surface area contributed by atoms with Crippen LogP contribution in [0.2, 0.25) is 0 Å². The Hall–Kier alpha value is -3.26. The first-order valence-corrected chi connectivity index (χ1v) is 8.37. The Bertz CT molecular complexity index is 1010. The molecule has 2 aromatic carbocycles. The Kier molecular flexibility index (Phi) is 5.70. The number of benzene rings is 2. The van der Waals surface area contributed by atoms with Crippen molar-refractivity contribution in [2.75, 3.05) is 12.4 Å². The van der Waals surface area contributed by atoms with E-state index in [4.69, 9.17) is 13.9 Å². The van der Waals surface area contributed by atoms with Gasteiger partial charge in [0.15, 0.2) is 6.10 Å². The number of nitrogens with one attached hydrogen (secondary N) is 1. The minimum atomic E-state index is -1.32. The fourth-order valence-electron chi connectivity index (χ4n) is 2.66. The summed E-state index contributed by atoms with van der Waals surface area (Å²) in [6.07, 6.45) is -1.32. The first-order valence-electron chi connectivity index (χ1n) is 8.37. The molecular weight excluding hydrogens is 372 g/mol. The third kappa shape index (κ3) is 3.86. The van der Waals surface area contributed by atoms with Gasteiger partial charge in [-0.05, 0) is 25.1 Å². The number of fused-ring (bicyclic) bond motifs is 1. The maximum Gasteiger partial charge on any atom is 0.375 e. The highest BCUT2D eigenvalue weighted by molar-refractivity contribution is 5.99. The zero-order valence-electron chi connectivity index (χ0n) is 15.1. The number of ether oxygens (including phenoxy) is 2. The molecule has 0 aliphatic carbocycles. The van der Waals surface area contributed by atoms with Crippen molar-refractivity contribution in [1.29, 1.82) is 0 Å². The molecule has 0 saturated heterocycles. The number of methoxy groups -OCH3 is 1. The van der Waals surface area contributed by atoms with E-state index < -0.39 is 35.3 Å². The molecule has 3 aromatic rings. The lowest BCUT2D eigenvalue weighted by Crippen LogP contribution is -2.30. The molecule has 0 spiro atoms. The number of carbonyl (C=O) groups excluding carboxylic acids is 2. The first kappa shape index (κ1) is 19.5. The molecular formula is C20H17F2NO5. The number of furan rings is 1. The predicted octanol–water partition coefficient (Wildman–Crippen LogP) is 4.04. The Morgan fingerprint density at radius 2 is 1.79 bits per heavy atom. The number of carbonyl (C=O) groups is 2. The second-order valence-electron chi connectivity index (χ2n) is 5.97. The van der Waals surface area contributed by atoms with E-state index in [1.54, 1.807) is 24.3 Å². The summed E-state index contributed by atoms with van der Waals surface area (Å²) in [6.45, 7) is 1.38. The van der Waals surface area contributed by atoms with Gasteiger partial charge in [0.2, 0.25) is 5.76 Å². The minimum Gasteiger partial charge on any atom is -0.449 e. The lowest BCUT2D eigenvalue weighted by molar-refractivity contribution is -0.123. The summed E-state index contributed by atoms with van der Waals surface area (Å²) in [5.74, 6) is -3.75. The first-order chi connectivity index (χ1) is 13.4. The Labute approximate surface area is 159 Å². The maximum atomic E-state index is 13.7. The van der Waals surface area contributed by atoms with Crippen LogP contribution in [0.1, 0.15) is 23.0 Å². The number of rotatable bonds is 6. The van der Waals surface area contributed by atoms with E-state index >= 15 is 0 Å². The average Bonchev–Trinajstić information content (AvgIpc) is 3.04. The van der Waals surface area contributed by atoms with Gasteiger partial charge in [-0.1, -0.05) is 24.3 Å². The topological polar surface area (TPSA) is 77.8 Å². The Balaban J connectivity index is 1.78. The smallest absolute Gasteiger partial charge is 0.375 e. The van der Waals surface area contributed by atoms with Gasteiger partial charge in [0.1, 0.15) is 22.9 Å². The van der Waals surface area contributed by atoms with Crippen molar-refractivity contribution in [1.82, 2.24) is 0 Å². The molecule has 1 N–H and O–H groups in total. The van der Waals surface area contributed by atoms with Gasteiger partial charge in [-0.3, -0.25) is 4.79 Å². The number of esters is 1. The summed E-state index contributed by atoms with van der Waals surface area (Å²) in [4.78, 5) is 24.7. The van der Waals surface area contributed by atoms with Gasteiger partial charge in [-0.2, -0.15) is 0 Å². The molecule has 0 unspecified atom stereocenters. The van der Waals surface area contributed by atoms with E-state index in [-0.39, 0.29) is 12.4 Å². The van der Waals surface area contributed by atoms with Gasteiger partial charge >= 0.3 is 5.97 Å². The van der Waals surface area contributed by atoms with Crippen LogP contribution in [0.25, 0.3) is 11.0 Å². The SMILES string of the molecule is COCc1c(C(=O)O[C@H](C)C(=O)Nc2c(F)cccc2F)oc2ccccc12. The van der Waals surface area contributed by atoms with E-state index in [1.807, 2.05) is 0 Å². The van der Waals surface area contributed by atoms with Crippen LogP contribution in [0, 0.1) is 11.6 Å². The van der Waals surface area contributed by atoms with Crippen LogP contribution < -0.4 is 5.32 Å². The number of para-hydroxylation sites is 2. The molecule has 28 heavy (non-hydrogen) atoms. The molecule has 0 aliphatic rings. The second kappa shape index (κ2) is 8.18. The fraction of sp³-hybridized carbons (Fsp3) is 0.200. The molecule has 0 fully saturated rings. The fourth-order valence-corrected chi connectivity index (χ4v) is 2.66. The highest BCUT2D eigenvalue weighted by Gasteiger charge is 2.26. The third-order valence-electron chi connectivity index (χ3n) is 4.04. The van der Waals surface area contributed by atoms with Crippen LogP contribution in [-0.4, -0.2) is 25.1 Å². The van der Waals surface area contributed by atoms with Crippen molar-refractivity contribution in [3.05, 3.63) is 65.4 Å². The minimum absolute atomic E-state index is 0.0974. The summed E-state index contributed by atoms with van der Waals surface area (Å²) in [5, 5.41) is 2.76. The normalized spacial score (nSPS) is 12.0. The molecule has 0 bridgehead atoms. The molecule has 1 aromatic heterocycles. The van der Waals surface area contributed by atoms with Crippen LogP contribution in [0.4, 0.5) is 14.5 Å². The zero-order chi connectivity index (χ0) is 20.3. The molecule has 8 heteroatoms. The van der Waals surface area contributed by atoms with Gasteiger partial charge in [-0.15, -0.1) is 0 Å². The molecule has 146 valence electrons. The van der Waals surface area contributed by atoms with Crippen LogP contribution in [0.3, 0.4) is 0 Å². The second-order valence-corrected chi connectivity index (χ2v) is 5.97. The molecule has 0 aliphatic heterocycles. The van der Waals surface area contributed by atoms with E-state index in [0.717, 1.165) is 12.1 Å².